The number of hydrogen-bond acceptors (Lipinski definition) is 4. The summed E-state index contributed by atoms with van der Waals surface area (Å²) in [6.45, 7) is 4.25. The molecule has 2 aromatic heterocycles. The summed E-state index contributed by atoms with van der Waals surface area (Å²) >= 11 is 1.39. The molecule has 0 aromatic carbocycles. The molecule has 5 heteroatoms. The van der Waals surface area contributed by atoms with Crippen LogP contribution in [-0.4, -0.2) is 16.9 Å². The Morgan fingerprint density at radius 1 is 1.48 bits per heavy atom. The molecule has 2 aromatic rings. The number of pyridine rings is 1. The Kier molecular flexibility index (Phi) is 3.85. The summed E-state index contributed by atoms with van der Waals surface area (Å²) in [6, 6.07) is 2.20. The fraction of sp³-hybridized carbons (Fsp3) is 0.500. The molecule has 21 heavy (non-hydrogen) atoms. The number of hydrogen-bond donors (Lipinski definition) is 2. The molecule has 4 nitrogen and oxygen atoms in total. The van der Waals surface area contributed by atoms with Gasteiger partial charge >= 0.3 is 0 Å². The van der Waals surface area contributed by atoms with Gasteiger partial charge < -0.3 is 11.1 Å². The van der Waals surface area contributed by atoms with E-state index in [1.807, 2.05) is 13.0 Å². The first-order valence-electron chi connectivity index (χ1n) is 7.50. The second kappa shape index (κ2) is 5.64. The third-order valence-electron chi connectivity index (χ3n) is 4.32. The molecule has 1 aliphatic carbocycles. The van der Waals surface area contributed by atoms with Crippen molar-refractivity contribution in [2.24, 2.45) is 5.92 Å². The number of fused-ring (bicyclic) bond motifs is 1. The van der Waals surface area contributed by atoms with E-state index >= 15 is 0 Å². The third-order valence-corrected chi connectivity index (χ3v) is 5.43. The van der Waals surface area contributed by atoms with Gasteiger partial charge in [-0.2, -0.15) is 0 Å². The van der Waals surface area contributed by atoms with Crippen LogP contribution in [0.4, 0.5) is 5.69 Å². The molecule has 1 saturated carbocycles. The number of nitrogens with two attached hydrogens (primary N) is 1. The lowest BCUT2D eigenvalue weighted by molar-refractivity contribution is 0.0926. The smallest absolute Gasteiger partial charge is 0.263 e. The highest BCUT2D eigenvalue weighted by Crippen LogP contribution is 2.34. The summed E-state index contributed by atoms with van der Waals surface area (Å²) in [6.07, 6.45) is 6.35. The maximum Gasteiger partial charge on any atom is 0.263 e. The molecule has 2 unspecified atom stereocenters. The van der Waals surface area contributed by atoms with Crippen molar-refractivity contribution in [3.05, 3.63) is 22.7 Å². The molecular formula is C16H21N3OS. The lowest BCUT2D eigenvalue weighted by Crippen LogP contribution is -2.37. The number of aryl methyl sites for hydroxylation is 1. The first kappa shape index (κ1) is 14.3. The molecule has 112 valence electrons. The average molecular weight is 303 g/mol. The number of nitrogen functional groups attached to an aromatic ring is 1. The molecule has 3 rings (SSSR count). The van der Waals surface area contributed by atoms with Gasteiger partial charge in [-0.25, -0.2) is 4.98 Å². The minimum atomic E-state index is -0.0472. The SMILES string of the molecule is Cc1ccnc2sc(C(=O)NC3CCCC(C)C3)c(N)c12. The fourth-order valence-electron chi connectivity index (χ4n) is 3.19. The lowest BCUT2D eigenvalue weighted by atomic mass is 9.87. The van der Waals surface area contributed by atoms with E-state index in [0.29, 0.717) is 16.5 Å². The summed E-state index contributed by atoms with van der Waals surface area (Å²) in [5.74, 6) is 0.640. The van der Waals surface area contributed by atoms with Crippen LogP contribution >= 0.6 is 11.3 Å². The number of thiophene rings is 1. The number of carbonyl (C=O) groups is 1. The van der Waals surface area contributed by atoms with E-state index < -0.39 is 0 Å². The molecule has 0 spiro atoms. The summed E-state index contributed by atoms with van der Waals surface area (Å²) in [5, 5.41) is 4.07. The van der Waals surface area contributed by atoms with Gasteiger partial charge in [0.25, 0.3) is 5.91 Å². The minimum Gasteiger partial charge on any atom is -0.397 e. The highest BCUT2D eigenvalue weighted by atomic mass is 32.1. The van der Waals surface area contributed by atoms with Gasteiger partial charge in [-0.05, 0) is 37.3 Å². The molecule has 2 atom stereocenters. The monoisotopic (exact) mass is 303 g/mol. The highest BCUT2D eigenvalue weighted by molar-refractivity contribution is 7.21. The van der Waals surface area contributed by atoms with Gasteiger partial charge in [0, 0.05) is 17.6 Å². The number of rotatable bonds is 2. The first-order valence-corrected chi connectivity index (χ1v) is 8.32. The Balaban J connectivity index is 1.85. The minimum absolute atomic E-state index is 0.0472. The van der Waals surface area contributed by atoms with Crippen LogP contribution in [0.2, 0.25) is 0 Å². The van der Waals surface area contributed by atoms with Crippen LogP contribution in [0.1, 0.15) is 47.8 Å². The fourth-order valence-corrected chi connectivity index (χ4v) is 4.23. The number of carbonyl (C=O) groups excluding carboxylic acids is 1. The molecule has 0 radical (unpaired) electrons. The summed E-state index contributed by atoms with van der Waals surface area (Å²) in [7, 11) is 0. The second-order valence-corrected chi connectivity index (χ2v) is 7.09. The zero-order chi connectivity index (χ0) is 15.0. The van der Waals surface area contributed by atoms with Gasteiger partial charge in [0.2, 0.25) is 0 Å². The zero-order valence-electron chi connectivity index (χ0n) is 12.5. The van der Waals surface area contributed by atoms with Crippen molar-refractivity contribution in [2.75, 3.05) is 5.73 Å². The average Bonchev–Trinajstić information content (AvgIpc) is 2.77. The van der Waals surface area contributed by atoms with Crippen LogP contribution < -0.4 is 11.1 Å². The van der Waals surface area contributed by atoms with Crippen molar-refractivity contribution in [1.29, 1.82) is 0 Å². The van der Waals surface area contributed by atoms with Gasteiger partial charge in [-0.15, -0.1) is 11.3 Å². The quantitative estimate of drug-likeness (QED) is 0.892. The van der Waals surface area contributed by atoms with Crippen LogP contribution in [0.25, 0.3) is 10.2 Å². The molecule has 1 amide bonds. The van der Waals surface area contributed by atoms with E-state index in [2.05, 4.69) is 17.2 Å². The Labute approximate surface area is 128 Å². The van der Waals surface area contributed by atoms with Crippen molar-refractivity contribution in [1.82, 2.24) is 10.3 Å². The third kappa shape index (κ3) is 2.75. The highest BCUT2D eigenvalue weighted by Gasteiger charge is 2.24. The van der Waals surface area contributed by atoms with E-state index in [9.17, 15) is 4.79 Å². The standard InChI is InChI=1S/C16H21N3OS/c1-9-4-3-5-11(8-9)19-15(20)14-13(17)12-10(2)6-7-18-16(12)21-14/h6-7,9,11H,3-5,8,17H2,1-2H3,(H,19,20). The summed E-state index contributed by atoms with van der Waals surface area (Å²) in [5.41, 5.74) is 7.82. The van der Waals surface area contributed by atoms with Crippen molar-refractivity contribution in [2.45, 2.75) is 45.6 Å². The molecule has 0 saturated heterocycles. The predicted molar refractivity (Wildman–Crippen MR) is 87.7 cm³/mol. The topological polar surface area (TPSA) is 68.0 Å². The second-order valence-electron chi connectivity index (χ2n) is 6.10. The van der Waals surface area contributed by atoms with E-state index in [4.69, 9.17) is 5.73 Å². The van der Waals surface area contributed by atoms with Crippen molar-refractivity contribution >= 4 is 33.1 Å². The Bertz CT molecular complexity index is 679. The summed E-state index contributed by atoms with van der Waals surface area (Å²) < 4.78 is 0. The number of anilines is 1. The van der Waals surface area contributed by atoms with Crippen LogP contribution in [0.15, 0.2) is 12.3 Å². The van der Waals surface area contributed by atoms with E-state index in [1.54, 1.807) is 6.20 Å². The summed E-state index contributed by atoms with van der Waals surface area (Å²) in [4.78, 5) is 18.3. The first-order chi connectivity index (χ1) is 10.1. The zero-order valence-corrected chi connectivity index (χ0v) is 13.3. The number of nitrogens with one attached hydrogen (secondary N) is 1. The van der Waals surface area contributed by atoms with Gasteiger partial charge in [0.1, 0.15) is 9.71 Å². The predicted octanol–water partition coefficient (Wildman–Crippen LogP) is 3.50. The van der Waals surface area contributed by atoms with Gasteiger partial charge in [0.15, 0.2) is 0 Å². The van der Waals surface area contributed by atoms with Crippen LogP contribution in [-0.2, 0) is 0 Å². The van der Waals surface area contributed by atoms with Crippen LogP contribution in [0.5, 0.6) is 0 Å². The lowest BCUT2D eigenvalue weighted by Gasteiger charge is -2.27. The number of aromatic nitrogens is 1. The maximum atomic E-state index is 12.5. The van der Waals surface area contributed by atoms with E-state index in [0.717, 1.165) is 28.6 Å². The van der Waals surface area contributed by atoms with Crippen molar-refractivity contribution in [3.8, 4) is 0 Å². The van der Waals surface area contributed by atoms with Crippen molar-refractivity contribution < 1.29 is 4.79 Å². The van der Waals surface area contributed by atoms with Gasteiger partial charge in [-0.1, -0.05) is 19.8 Å². The Hall–Kier alpha value is -1.62. The van der Waals surface area contributed by atoms with Crippen LogP contribution in [0, 0.1) is 12.8 Å². The largest absolute Gasteiger partial charge is 0.397 e. The number of nitrogens with zero attached hydrogens (tertiary/aromatic N) is 1. The van der Waals surface area contributed by atoms with Gasteiger partial charge in [0.05, 0.1) is 5.69 Å². The number of amides is 1. The molecule has 2 heterocycles. The molecule has 0 aliphatic heterocycles. The molecular weight excluding hydrogens is 282 g/mol. The van der Waals surface area contributed by atoms with Gasteiger partial charge in [-0.3, -0.25) is 4.79 Å². The maximum absolute atomic E-state index is 12.5. The van der Waals surface area contributed by atoms with E-state index in [1.165, 1.54) is 24.2 Å². The normalized spacial score (nSPS) is 22.4. The van der Waals surface area contributed by atoms with Crippen LogP contribution in [0.3, 0.4) is 0 Å². The van der Waals surface area contributed by atoms with E-state index in [-0.39, 0.29) is 11.9 Å². The molecule has 3 N–H and O–H groups in total. The Morgan fingerprint density at radius 2 is 2.29 bits per heavy atom. The molecule has 1 fully saturated rings. The molecule has 0 bridgehead atoms. The van der Waals surface area contributed by atoms with Crippen molar-refractivity contribution in [3.63, 3.8) is 0 Å². The molecule has 1 aliphatic rings. The Morgan fingerprint density at radius 3 is 3.00 bits per heavy atom.